The maximum Gasteiger partial charge on any atom is 0.297 e. The number of nitrogens with zero attached hydrogens (tertiary/aromatic N) is 2. The molecule has 0 amide bonds. The monoisotopic (exact) mass is 209 g/mol. The molecule has 2 heterocycles. The van der Waals surface area contributed by atoms with Crippen LogP contribution in [-0.2, 0) is 0 Å². The van der Waals surface area contributed by atoms with E-state index in [1.54, 1.807) is 6.20 Å². The normalized spacial score (nSPS) is 21.6. The van der Waals surface area contributed by atoms with E-state index in [1.807, 2.05) is 14.0 Å². The van der Waals surface area contributed by atoms with E-state index in [-0.39, 0.29) is 0 Å². The molecule has 2 rings (SSSR count). The standard InChI is InChI=1S/C11H19N3O/c1-9-6-13-11(15-9)14(2)8-10-4-3-5-12-7-10/h6,10,12H,3-5,7-8H2,1-2H3. The molecule has 1 saturated heterocycles. The number of hydrogen-bond donors (Lipinski definition) is 1. The van der Waals surface area contributed by atoms with Gasteiger partial charge in [0.15, 0.2) is 0 Å². The van der Waals surface area contributed by atoms with Crippen LogP contribution in [0.3, 0.4) is 0 Å². The third-order valence-electron chi connectivity index (χ3n) is 2.87. The van der Waals surface area contributed by atoms with Crippen LogP contribution in [0.5, 0.6) is 0 Å². The van der Waals surface area contributed by atoms with Crippen molar-refractivity contribution in [3.63, 3.8) is 0 Å². The minimum atomic E-state index is 0.718. The number of aromatic nitrogens is 1. The van der Waals surface area contributed by atoms with Crippen molar-refractivity contribution in [2.45, 2.75) is 19.8 Å². The predicted octanol–water partition coefficient (Wildman–Crippen LogP) is 1.42. The van der Waals surface area contributed by atoms with Crippen LogP contribution < -0.4 is 10.2 Å². The lowest BCUT2D eigenvalue weighted by atomic mass is 9.99. The molecule has 1 aliphatic rings. The molecule has 1 atom stereocenters. The van der Waals surface area contributed by atoms with Crippen LogP contribution >= 0.6 is 0 Å². The summed E-state index contributed by atoms with van der Waals surface area (Å²) in [4.78, 5) is 6.32. The Balaban J connectivity index is 1.88. The van der Waals surface area contributed by atoms with Gasteiger partial charge in [-0.25, -0.2) is 4.98 Å². The van der Waals surface area contributed by atoms with E-state index in [1.165, 1.54) is 19.4 Å². The second-order valence-corrected chi connectivity index (χ2v) is 4.35. The molecule has 0 radical (unpaired) electrons. The van der Waals surface area contributed by atoms with Crippen LogP contribution in [0.25, 0.3) is 0 Å². The molecule has 1 N–H and O–H groups in total. The smallest absolute Gasteiger partial charge is 0.297 e. The van der Waals surface area contributed by atoms with E-state index in [9.17, 15) is 0 Å². The van der Waals surface area contributed by atoms with Gasteiger partial charge in [0.2, 0.25) is 0 Å². The second kappa shape index (κ2) is 4.66. The summed E-state index contributed by atoms with van der Waals surface area (Å²) in [5.41, 5.74) is 0. The largest absolute Gasteiger partial charge is 0.429 e. The van der Waals surface area contributed by atoms with Gasteiger partial charge in [0.25, 0.3) is 6.01 Å². The molecule has 0 aliphatic carbocycles. The number of aryl methyl sites for hydroxylation is 1. The Bertz CT molecular complexity index is 305. The average Bonchev–Trinajstić information content (AvgIpc) is 2.66. The van der Waals surface area contributed by atoms with Crippen molar-refractivity contribution < 1.29 is 4.42 Å². The Labute approximate surface area is 90.7 Å². The fraction of sp³-hybridized carbons (Fsp3) is 0.727. The first-order valence-corrected chi connectivity index (χ1v) is 5.60. The Morgan fingerprint density at radius 2 is 2.53 bits per heavy atom. The van der Waals surface area contributed by atoms with E-state index in [2.05, 4.69) is 15.2 Å². The summed E-state index contributed by atoms with van der Waals surface area (Å²) >= 11 is 0. The van der Waals surface area contributed by atoms with Crippen LogP contribution in [0.2, 0.25) is 0 Å². The molecule has 1 aromatic rings. The summed E-state index contributed by atoms with van der Waals surface area (Å²) in [5, 5.41) is 3.42. The lowest BCUT2D eigenvalue weighted by Crippen LogP contribution is -2.36. The van der Waals surface area contributed by atoms with Gasteiger partial charge in [-0.15, -0.1) is 0 Å². The number of hydrogen-bond acceptors (Lipinski definition) is 4. The van der Waals surface area contributed by atoms with Crippen molar-refractivity contribution in [3.8, 4) is 0 Å². The summed E-state index contributed by atoms with van der Waals surface area (Å²) < 4.78 is 5.48. The molecular weight excluding hydrogens is 190 g/mol. The predicted molar refractivity (Wildman–Crippen MR) is 60.1 cm³/mol. The minimum Gasteiger partial charge on any atom is -0.429 e. The third-order valence-corrected chi connectivity index (χ3v) is 2.87. The lowest BCUT2D eigenvalue weighted by Gasteiger charge is -2.26. The highest BCUT2D eigenvalue weighted by atomic mass is 16.4. The molecule has 84 valence electrons. The van der Waals surface area contributed by atoms with Gasteiger partial charge in [0.05, 0.1) is 6.20 Å². The van der Waals surface area contributed by atoms with E-state index in [4.69, 9.17) is 4.42 Å². The molecular formula is C11H19N3O. The number of rotatable bonds is 3. The molecule has 0 bridgehead atoms. The zero-order valence-electron chi connectivity index (χ0n) is 9.49. The average molecular weight is 209 g/mol. The van der Waals surface area contributed by atoms with E-state index < -0.39 is 0 Å². The van der Waals surface area contributed by atoms with Crippen molar-refractivity contribution in [1.82, 2.24) is 10.3 Å². The molecule has 15 heavy (non-hydrogen) atoms. The first kappa shape index (κ1) is 10.5. The van der Waals surface area contributed by atoms with Crippen LogP contribution in [0, 0.1) is 12.8 Å². The number of anilines is 1. The minimum absolute atomic E-state index is 0.718. The van der Waals surface area contributed by atoms with Gasteiger partial charge in [-0.05, 0) is 38.8 Å². The first-order chi connectivity index (χ1) is 7.25. The fourth-order valence-corrected chi connectivity index (χ4v) is 2.06. The van der Waals surface area contributed by atoms with E-state index in [0.717, 1.165) is 30.8 Å². The molecule has 1 unspecified atom stereocenters. The summed E-state index contributed by atoms with van der Waals surface area (Å²) in [5.74, 6) is 1.59. The third kappa shape index (κ3) is 2.72. The lowest BCUT2D eigenvalue weighted by molar-refractivity contribution is 0.373. The van der Waals surface area contributed by atoms with Gasteiger partial charge < -0.3 is 14.6 Å². The Hall–Kier alpha value is -1.03. The summed E-state index contributed by atoms with van der Waals surface area (Å²) in [6.07, 6.45) is 4.35. The highest BCUT2D eigenvalue weighted by Crippen LogP contribution is 2.16. The number of oxazole rings is 1. The SMILES string of the molecule is Cc1cnc(N(C)CC2CCCNC2)o1. The highest BCUT2D eigenvalue weighted by Gasteiger charge is 2.17. The van der Waals surface area contributed by atoms with Gasteiger partial charge in [-0.3, -0.25) is 0 Å². The summed E-state index contributed by atoms with van der Waals surface area (Å²) in [6.45, 7) is 5.22. The summed E-state index contributed by atoms with van der Waals surface area (Å²) in [6, 6.07) is 0.734. The number of nitrogens with one attached hydrogen (secondary N) is 1. The zero-order chi connectivity index (χ0) is 10.7. The van der Waals surface area contributed by atoms with Crippen molar-refractivity contribution in [1.29, 1.82) is 0 Å². The molecule has 4 heteroatoms. The Morgan fingerprint density at radius 3 is 3.13 bits per heavy atom. The van der Waals surface area contributed by atoms with Crippen molar-refractivity contribution >= 4 is 6.01 Å². The van der Waals surface area contributed by atoms with Crippen molar-refractivity contribution in [2.24, 2.45) is 5.92 Å². The van der Waals surface area contributed by atoms with Gasteiger partial charge in [-0.1, -0.05) is 0 Å². The van der Waals surface area contributed by atoms with E-state index >= 15 is 0 Å². The molecule has 4 nitrogen and oxygen atoms in total. The van der Waals surface area contributed by atoms with Gasteiger partial charge in [0.1, 0.15) is 5.76 Å². The Kier molecular flexibility index (Phi) is 3.26. The Morgan fingerprint density at radius 1 is 1.67 bits per heavy atom. The van der Waals surface area contributed by atoms with Gasteiger partial charge in [0, 0.05) is 13.6 Å². The van der Waals surface area contributed by atoms with Crippen molar-refractivity contribution in [2.75, 3.05) is 31.6 Å². The second-order valence-electron chi connectivity index (χ2n) is 4.35. The quantitative estimate of drug-likeness (QED) is 0.817. The van der Waals surface area contributed by atoms with Gasteiger partial charge >= 0.3 is 0 Å². The first-order valence-electron chi connectivity index (χ1n) is 5.60. The zero-order valence-corrected chi connectivity index (χ0v) is 9.49. The van der Waals surface area contributed by atoms with E-state index in [0.29, 0.717) is 0 Å². The fourth-order valence-electron chi connectivity index (χ4n) is 2.06. The molecule has 1 fully saturated rings. The van der Waals surface area contributed by atoms with Crippen LogP contribution in [-0.4, -0.2) is 31.7 Å². The highest BCUT2D eigenvalue weighted by molar-refractivity contribution is 5.24. The van der Waals surface area contributed by atoms with Crippen LogP contribution in [0.1, 0.15) is 18.6 Å². The summed E-state index contributed by atoms with van der Waals surface area (Å²) in [7, 11) is 2.04. The van der Waals surface area contributed by atoms with Crippen LogP contribution in [0.15, 0.2) is 10.6 Å². The van der Waals surface area contributed by atoms with Crippen molar-refractivity contribution in [3.05, 3.63) is 12.0 Å². The molecule has 0 saturated carbocycles. The van der Waals surface area contributed by atoms with Crippen LogP contribution in [0.4, 0.5) is 6.01 Å². The number of piperidine rings is 1. The molecule has 1 aromatic heterocycles. The molecule has 1 aliphatic heterocycles. The maximum absolute atomic E-state index is 5.48. The van der Waals surface area contributed by atoms with Gasteiger partial charge in [-0.2, -0.15) is 0 Å². The maximum atomic E-state index is 5.48. The molecule has 0 aromatic carbocycles. The topological polar surface area (TPSA) is 41.3 Å². The molecule has 0 spiro atoms.